The summed E-state index contributed by atoms with van der Waals surface area (Å²) in [7, 11) is 0.365. The molecule has 1 aliphatic rings. The van der Waals surface area contributed by atoms with Crippen LogP contribution in [0.25, 0.3) is 11.2 Å². The van der Waals surface area contributed by atoms with E-state index in [4.69, 9.17) is 18.9 Å². The molecule has 1 fully saturated rings. The summed E-state index contributed by atoms with van der Waals surface area (Å²) in [5, 5.41) is 2.95. The SMILES string of the molecule is COC[C@H](C)NC(=O)c1cn(COCC[Si](C)(C)C)c2ncc(O[C@H]3CCCN(C(=O)OC(C)(C)C)C3)nc12. The lowest BCUT2D eigenvalue weighted by Crippen LogP contribution is -2.46. The van der Waals surface area contributed by atoms with E-state index in [-0.39, 0.29) is 30.9 Å². The number of methoxy groups -OCH3 is 1. The van der Waals surface area contributed by atoms with Gasteiger partial charge in [0.05, 0.1) is 24.9 Å². The molecule has 2 aromatic heterocycles. The summed E-state index contributed by atoms with van der Waals surface area (Å²) in [6.07, 6.45) is 4.23. The van der Waals surface area contributed by atoms with E-state index in [9.17, 15) is 9.59 Å². The number of likely N-dealkylation sites (tertiary alicyclic amines) is 1. The third-order valence-electron chi connectivity index (χ3n) is 6.13. The third kappa shape index (κ3) is 9.47. The highest BCUT2D eigenvalue weighted by Crippen LogP contribution is 2.24. The van der Waals surface area contributed by atoms with Crippen LogP contribution in [0.2, 0.25) is 25.7 Å². The molecule has 0 aliphatic carbocycles. The number of ether oxygens (including phenoxy) is 4. The minimum Gasteiger partial charge on any atom is -0.471 e. The van der Waals surface area contributed by atoms with Crippen LogP contribution in [0.1, 0.15) is 50.9 Å². The molecule has 2 atom stereocenters. The summed E-state index contributed by atoms with van der Waals surface area (Å²) in [5.74, 6) is 0.0283. The van der Waals surface area contributed by atoms with Gasteiger partial charge < -0.3 is 33.7 Å². The molecule has 2 aromatic rings. The summed E-state index contributed by atoms with van der Waals surface area (Å²) < 4.78 is 24.6. The number of hydrogen-bond acceptors (Lipinski definition) is 8. The fourth-order valence-electron chi connectivity index (χ4n) is 4.19. The maximum absolute atomic E-state index is 13.2. The Morgan fingerprint density at radius 3 is 2.67 bits per heavy atom. The highest BCUT2D eigenvalue weighted by atomic mass is 28.3. The van der Waals surface area contributed by atoms with Crippen LogP contribution in [0.5, 0.6) is 5.88 Å². The Hall–Kier alpha value is -2.70. The molecular formula is C27H45N5O6Si. The fourth-order valence-corrected chi connectivity index (χ4v) is 4.95. The van der Waals surface area contributed by atoms with E-state index < -0.39 is 13.7 Å². The molecule has 39 heavy (non-hydrogen) atoms. The molecular weight excluding hydrogens is 518 g/mol. The Balaban J connectivity index is 1.79. The van der Waals surface area contributed by atoms with Crippen LogP contribution in [0.3, 0.4) is 0 Å². The van der Waals surface area contributed by atoms with E-state index >= 15 is 0 Å². The zero-order valence-corrected chi connectivity index (χ0v) is 25.7. The molecule has 0 aromatic carbocycles. The van der Waals surface area contributed by atoms with Crippen molar-refractivity contribution in [3.05, 3.63) is 18.0 Å². The predicted molar refractivity (Wildman–Crippen MR) is 152 cm³/mol. The molecule has 3 heterocycles. The van der Waals surface area contributed by atoms with Crippen molar-refractivity contribution in [3.8, 4) is 5.88 Å². The van der Waals surface area contributed by atoms with Gasteiger partial charge in [-0.25, -0.2) is 14.8 Å². The Morgan fingerprint density at radius 2 is 2.00 bits per heavy atom. The lowest BCUT2D eigenvalue weighted by molar-refractivity contribution is 0.00721. The molecule has 0 bridgehead atoms. The third-order valence-corrected chi connectivity index (χ3v) is 7.83. The van der Waals surface area contributed by atoms with E-state index in [2.05, 4.69) is 34.9 Å². The van der Waals surface area contributed by atoms with Crippen molar-refractivity contribution in [3.63, 3.8) is 0 Å². The number of fused-ring (bicyclic) bond motifs is 1. The lowest BCUT2D eigenvalue weighted by atomic mass is 10.1. The normalized spacial score (nSPS) is 17.2. The minimum atomic E-state index is -1.23. The molecule has 11 nitrogen and oxygen atoms in total. The average molecular weight is 564 g/mol. The number of piperidine rings is 1. The number of hydrogen-bond donors (Lipinski definition) is 1. The molecule has 1 N–H and O–H groups in total. The second kappa shape index (κ2) is 13.1. The minimum absolute atomic E-state index is 0.178. The quantitative estimate of drug-likeness (QED) is 0.318. The van der Waals surface area contributed by atoms with Gasteiger partial charge in [-0.1, -0.05) is 19.6 Å². The van der Waals surface area contributed by atoms with Crippen molar-refractivity contribution in [2.45, 2.75) is 90.7 Å². The summed E-state index contributed by atoms with van der Waals surface area (Å²) >= 11 is 0. The van der Waals surface area contributed by atoms with Crippen LogP contribution in [0.15, 0.2) is 12.4 Å². The molecule has 0 spiro atoms. The molecule has 2 amide bonds. The molecule has 3 rings (SSSR count). The molecule has 1 saturated heterocycles. The van der Waals surface area contributed by atoms with E-state index in [0.29, 0.717) is 48.9 Å². The maximum atomic E-state index is 13.2. The average Bonchev–Trinajstić information content (AvgIpc) is 3.18. The number of amides is 2. The molecule has 0 unspecified atom stereocenters. The van der Waals surface area contributed by atoms with Gasteiger partial charge in [-0.2, -0.15) is 0 Å². The highest BCUT2D eigenvalue weighted by Gasteiger charge is 2.29. The van der Waals surface area contributed by atoms with Crippen LogP contribution in [-0.4, -0.2) is 90.7 Å². The molecule has 0 saturated carbocycles. The molecule has 12 heteroatoms. The molecule has 0 radical (unpaired) electrons. The fraction of sp³-hybridized carbons (Fsp3) is 0.704. The lowest BCUT2D eigenvalue weighted by Gasteiger charge is -2.33. The number of aromatic nitrogens is 3. The van der Waals surface area contributed by atoms with Crippen molar-refractivity contribution < 1.29 is 28.5 Å². The Labute approximate surface area is 232 Å². The number of carbonyl (C=O) groups excluding carboxylic acids is 2. The second-order valence-corrected chi connectivity index (χ2v) is 18.0. The molecule has 218 valence electrons. The summed E-state index contributed by atoms with van der Waals surface area (Å²) in [6.45, 7) is 16.6. The topological polar surface area (TPSA) is 117 Å². The van der Waals surface area contributed by atoms with Gasteiger partial charge in [-0.3, -0.25) is 4.79 Å². The van der Waals surface area contributed by atoms with Crippen molar-refractivity contribution >= 4 is 31.2 Å². The number of nitrogens with zero attached hydrogens (tertiary/aromatic N) is 4. The standard InChI is InChI=1S/C27H45N5O6Si/c1-19(17-35-5)29-25(33)21-16-32(18-36-12-13-39(6,7)8)24-23(21)30-22(14-28-24)37-20-10-9-11-31(15-20)26(34)38-27(2,3)4/h14,16,19-20H,9-13,15,17-18H2,1-8H3,(H,29,33)/t19-,20-/m0/s1. The first-order valence-corrected chi connectivity index (χ1v) is 17.3. The summed E-state index contributed by atoms with van der Waals surface area (Å²) in [6, 6.07) is 0.863. The number of nitrogens with one attached hydrogen (secondary N) is 1. The van der Waals surface area contributed by atoms with Crippen molar-refractivity contribution in [2.24, 2.45) is 0 Å². The number of rotatable bonds is 11. The first-order valence-electron chi connectivity index (χ1n) is 13.6. The van der Waals surface area contributed by atoms with Gasteiger partial charge in [0.2, 0.25) is 5.88 Å². The van der Waals surface area contributed by atoms with E-state index in [1.807, 2.05) is 27.7 Å². The predicted octanol–water partition coefficient (Wildman–Crippen LogP) is 4.29. The van der Waals surface area contributed by atoms with Crippen LogP contribution in [0.4, 0.5) is 4.79 Å². The van der Waals surface area contributed by atoms with Crippen molar-refractivity contribution in [1.29, 1.82) is 0 Å². The van der Waals surface area contributed by atoms with Crippen LogP contribution in [-0.2, 0) is 20.9 Å². The first kappa shape index (κ1) is 30.8. The van der Waals surface area contributed by atoms with Crippen molar-refractivity contribution in [2.75, 3.05) is 33.4 Å². The van der Waals surface area contributed by atoms with Gasteiger partial charge in [-0.05, 0) is 46.6 Å². The van der Waals surface area contributed by atoms with Gasteiger partial charge in [0.1, 0.15) is 24.0 Å². The molecule has 1 aliphatic heterocycles. The highest BCUT2D eigenvalue weighted by molar-refractivity contribution is 6.76. The van der Waals surface area contributed by atoms with Crippen LogP contribution < -0.4 is 10.1 Å². The maximum Gasteiger partial charge on any atom is 0.410 e. The second-order valence-electron chi connectivity index (χ2n) is 12.4. The zero-order valence-electron chi connectivity index (χ0n) is 24.7. The van der Waals surface area contributed by atoms with Crippen LogP contribution in [0, 0.1) is 0 Å². The monoisotopic (exact) mass is 563 g/mol. The Morgan fingerprint density at radius 1 is 1.26 bits per heavy atom. The van der Waals surface area contributed by atoms with E-state index in [1.165, 1.54) is 0 Å². The summed E-state index contributed by atoms with van der Waals surface area (Å²) in [5.41, 5.74) is 0.797. The van der Waals surface area contributed by atoms with Gasteiger partial charge in [-0.15, -0.1) is 0 Å². The van der Waals surface area contributed by atoms with Gasteiger partial charge in [0, 0.05) is 40.6 Å². The Kier molecular flexibility index (Phi) is 10.4. The summed E-state index contributed by atoms with van der Waals surface area (Å²) in [4.78, 5) is 36.7. The largest absolute Gasteiger partial charge is 0.471 e. The Bertz CT molecular complexity index is 1130. The van der Waals surface area contributed by atoms with Crippen LogP contribution >= 0.6 is 0 Å². The first-order chi connectivity index (χ1) is 18.3. The number of carbonyl (C=O) groups is 2. The zero-order chi connectivity index (χ0) is 28.8. The van der Waals surface area contributed by atoms with Gasteiger partial charge in [0.25, 0.3) is 5.91 Å². The van der Waals surface area contributed by atoms with E-state index in [1.54, 1.807) is 29.0 Å². The van der Waals surface area contributed by atoms with E-state index in [0.717, 1.165) is 18.9 Å². The van der Waals surface area contributed by atoms with Crippen molar-refractivity contribution in [1.82, 2.24) is 24.8 Å². The van der Waals surface area contributed by atoms with Gasteiger partial charge >= 0.3 is 6.09 Å². The van der Waals surface area contributed by atoms with Gasteiger partial charge in [0.15, 0.2) is 5.65 Å². The smallest absolute Gasteiger partial charge is 0.410 e.